The summed E-state index contributed by atoms with van der Waals surface area (Å²) in [4.78, 5) is 14.5. The summed E-state index contributed by atoms with van der Waals surface area (Å²) < 4.78 is 0. The van der Waals surface area contributed by atoms with Gasteiger partial charge in [0.1, 0.15) is 0 Å². The molecule has 0 unspecified atom stereocenters. The summed E-state index contributed by atoms with van der Waals surface area (Å²) in [5.41, 5.74) is 3.27. The van der Waals surface area contributed by atoms with Crippen LogP contribution in [0.3, 0.4) is 0 Å². The number of carbonyl (C=O) groups is 1. The van der Waals surface area contributed by atoms with Crippen LogP contribution in [0.25, 0.3) is 0 Å². The van der Waals surface area contributed by atoms with E-state index in [-0.39, 0.29) is 5.91 Å². The third-order valence-electron chi connectivity index (χ3n) is 4.10. The first-order valence-corrected chi connectivity index (χ1v) is 8.41. The molecule has 3 rings (SSSR count). The van der Waals surface area contributed by atoms with Crippen molar-refractivity contribution in [2.24, 2.45) is 0 Å². The lowest BCUT2D eigenvalue weighted by Crippen LogP contribution is -2.37. The number of rotatable bonds is 4. The van der Waals surface area contributed by atoms with Crippen LogP contribution in [0.4, 0.5) is 0 Å². The van der Waals surface area contributed by atoms with Crippen molar-refractivity contribution in [1.82, 2.24) is 10.2 Å². The minimum Gasteiger partial charge on any atom is -0.351 e. The van der Waals surface area contributed by atoms with E-state index in [1.807, 2.05) is 0 Å². The van der Waals surface area contributed by atoms with Gasteiger partial charge in [-0.05, 0) is 35.7 Å². The van der Waals surface area contributed by atoms with Crippen LogP contribution in [0.15, 0.2) is 42.5 Å². The number of benzene rings is 2. The van der Waals surface area contributed by atoms with E-state index >= 15 is 0 Å². The Balaban J connectivity index is 1.51. The zero-order valence-corrected chi connectivity index (χ0v) is 14.2. The summed E-state index contributed by atoms with van der Waals surface area (Å²) in [6.45, 7) is 3.38. The second-order valence-electron chi connectivity index (χ2n) is 5.67. The number of nitrogens with one attached hydrogen (secondary N) is 1. The minimum atomic E-state index is -0.163. The lowest BCUT2D eigenvalue weighted by atomic mass is 10.00. The molecule has 1 heterocycles. The van der Waals surface area contributed by atoms with Crippen molar-refractivity contribution < 1.29 is 4.79 Å². The predicted molar refractivity (Wildman–Crippen MR) is 94.2 cm³/mol. The van der Waals surface area contributed by atoms with Crippen molar-refractivity contribution in [3.05, 3.63) is 69.2 Å². The smallest absolute Gasteiger partial charge is 0.252 e. The Morgan fingerprint density at radius 1 is 1.13 bits per heavy atom. The van der Waals surface area contributed by atoms with Crippen LogP contribution in [0.2, 0.25) is 10.0 Å². The van der Waals surface area contributed by atoms with Gasteiger partial charge in [0, 0.05) is 31.2 Å². The van der Waals surface area contributed by atoms with Crippen LogP contribution in [-0.4, -0.2) is 30.4 Å². The van der Waals surface area contributed by atoms with E-state index in [1.165, 1.54) is 11.1 Å². The van der Waals surface area contributed by atoms with E-state index in [1.54, 1.807) is 18.2 Å². The van der Waals surface area contributed by atoms with E-state index < -0.39 is 0 Å². The largest absolute Gasteiger partial charge is 0.351 e. The molecule has 3 nitrogen and oxygen atoms in total. The number of amides is 1. The fourth-order valence-electron chi connectivity index (χ4n) is 2.84. The molecule has 0 spiro atoms. The first-order chi connectivity index (χ1) is 11.1. The molecule has 0 bridgehead atoms. The van der Waals surface area contributed by atoms with Crippen LogP contribution in [-0.2, 0) is 13.0 Å². The normalized spacial score (nSPS) is 14.3. The maximum absolute atomic E-state index is 12.2. The van der Waals surface area contributed by atoms with Crippen LogP contribution < -0.4 is 5.32 Å². The van der Waals surface area contributed by atoms with Crippen LogP contribution in [0.5, 0.6) is 0 Å². The highest BCUT2D eigenvalue weighted by atomic mass is 35.5. The summed E-state index contributed by atoms with van der Waals surface area (Å²) in [6, 6.07) is 13.4. The summed E-state index contributed by atoms with van der Waals surface area (Å²) in [6.07, 6.45) is 1.06. The number of fused-ring (bicyclic) bond motifs is 1. The van der Waals surface area contributed by atoms with Gasteiger partial charge in [-0.3, -0.25) is 9.69 Å². The minimum absolute atomic E-state index is 0.163. The molecule has 2 aromatic rings. The Kier molecular flexibility index (Phi) is 5.21. The lowest BCUT2D eigenvalue weighted by molar-refractivity contribution is 0.0947. The molecule has 1 N–H and O–H groups in total. The first kappa shape index (κ1) is 16.3. The third kappa shape index (κ3) is 4.05. The number of hydrogen-bond donors (Lipinski definition) is 1. The number of nitrogens with zero attached hydrogens (tertiary/aromatic N) is 1. The number of carbonyl (C=O) groups excluding carboxylic acids is 1. The van der Waals surface area contributed by atoms with Gasteiger partial charge in [-0.1, -0.05) is 47.5 Å². The van der Waals surface area contributed by atoms with Crippen molar-refractivity contribution in [3.8, 4) is 0 Å². The molecular formula is C18H18Cl2N2O. The Morgan fingerprint density at radius 3 is 2.70 bits per heavy atom. The monoisotopic (exact) mass is 348 g/mol. The van der Waals surface area contributed by atoms with Gasteiger partial charge in [0.15, 0.2) is 0 Å². The Labute approximate surface area is 146 Å². The predicted octanol–water partition coefficient (Wildman–Crippen LogP) is 3.78. The van der Waals surface area contributed by atoms with Gasteiger partial charge in [0.25, 0.3) is 5.91 Å². The van der Waals surface area contributed by atoms with Gasteiger partial charge >= 0.3 is 0 Å². The quantitative estimate of drug-likeness (QED) is 0.911. The van der Waals surface area contributed by atoms with Crippen molar-refractivity contribution in [3.63, 3.8) is 0 Å². The molecule has 120 valence electrons. The molecule has 1 aliphatic heterocycles. The average molecular weight is 349 g/mol. The number of halogens is 2. The second-order valence-corrected chi connectivity index (χ2v) is 6.52. The molecule has 0 fully saturated rings. The molecule has 0 radical (unpaired) electrons. The zero-order valence-electron chi connectivity index (χ0n) is 12.7. The Bertz CT molecular complexity index is 718. The molecule has 23 heavy (non-hydrogen) atoms. The molecular weight excluding hydrogens is 331 g/mol. The van der Waals surface area contributed by atoms with Gasteiger partial charge < -0.3 is 5.32 Å². The topological polar surface area (TPSA) is 32.3 Å². The summed E-state index contributed by atoms with van der Waals surface area (Å²) >= 11 is 11.9. The second kappa shape index (κ2) is 7.35. The first-order valence-electron chi connectivity index (χ1n) is 7.66. The number of hydrogen-bond acceptors (Lipinski definition) is 2. The Morgan fingerprint density at radius 2 is 1.91 bits per heavy atom. The van der Waals surface area contributed by atoms with Crippen molar-refractivity contribution >= 4 is 29.1 Å². The molecule has 0 saturated heterocycles. The van der Waals surface area contributed by atoms with Gasteiger partial charge in [0.05, 0.1) is 10.6 Å². The Hall–Kier alpha value is -1.55. The van der Waals surface area contributed by atoms with Crippen LogP contribution >= 0.6 is 23.2 Å². The highest BCUT2D eigenvalue weighted by Gasteiger charge is 2.16. The molecule has 0 saturated carbocycles. The van der Waals surface area contributed by atoms with E-state index in [9.17, 15) is 4.79 Å². The van der Waals surface area contributed by atoms with Gasteiger partial charge in [-0.15, -0.1) is 0 Å². The van der Waals surface area contributed by atoms with E-state index in [2.05, 4.69) is 34.5 Å². The standard InChI is InChI=1S/C18H18Cl2N2O/c19-15-5-6-16(17(20)11-15)18(23)21-8-10-22-9-7-13-3-1-2-4-14(13)12-22/h1-6,11H,7-10,12H2,(H,21,23). The molecule has 0 atom stereocenters. The van der Waals surface area contributed by atoms with Crippen LogP contribution in [0, 0.1) is 0 Å². The maximum atomic E-state index is 12.2. The molecule has 1 amide bonds. The van der Waals surface area contributed by atoms with Crippen molar-refractivity contribution in [2.45, 2.75) is 13.0 Å². The highest BCUT2D eigenvalue weighted by Crippen LogP contribution is 2.21. The molecule has 0 aliphatic carbocycles. The summed E-state index contributed by atoms with van der Waals surface area (Å²) in [5, 5.41) is 3.83. The van der Waals surface area contributed by atoms with Gasteiger partial charge in [-0.25, -0.2) is 0 Å². The van der Waals surface area contributed by atoms with Gasteiger partial charge in [0.2, 0.25) is 0 Å². The maximum Gasteiger partial charge on any atom is 0.252 e. The molecule has 2 aromatic carbocycles. The van der Waals surface area contributed by atoms with Crippen molar-refractivity contribution in [2.75, 3.05) is 19.6 Å². The fraction of sp³-hybridized carbons (Fsp3) is 0.278. The lowest BCUT2D eigenvalue weighted by Gasteiger charge is -2.28. The van der Waals surface area contributed by atoms with E-state index in [4.69, 9.17) is 23.2 Å². The fourth-order valence-corrected chi connectivity index (χ4v) is 3.34. The molecule has 0 aromatic heterocycles. The molecule has 5 heteroatoms. The van der Waals surface area contributed by atoms with Crippen LogP contribution in [0.1, 0.15) is 21.5 Å². The third-order valence-corrected chi connectivity index (χ3v) is 4.65. The average Bonchev–Trinajstić information content (AvgIpc) is 2.54. The highest BCUT2D eigenvalue weighted by molar-refractivity contribution is 6.36. The van der Waals surface area contributed by atoms with E-state index in [0.29, 0.717) is 22.2 Å². The summed E-state index contributed by atoms with van der Waals surface area (Å²) in [5.74, 6) is -0.163. The SMILES string of the molecule is O=C(NCCN1CCc2ccccc2C1)c1ccc(Cl)cc1Cl. The van der Waals surface area contributed by atoms with E-state index in [0.717, 1.165) is 26.1 Å². The molecule has 1 aliphatic rings. The summed E-state index contributed by atoms with van der Waals surface area (Å²) in [7, 11) is 0. The zero-order chi connectivity index (χ0) is 16.2. The van der Waals surface area contributed by atoms with Crippen molar-refractivity contribution in [1.29, 1.82) is 0 Å². The van der Waals surface area contributed by atoms with Gasteiger partial charge in [-0.2, -0.15) is 0 Å².